The first kappa shape index (κ1) is 27.0. The van der Waals surface area contributed by atoms with Crippen LogP contribution in [0.25, 0.3) is 22.0 Å². The third-order valence-corrected chi connectivity index (χ3v) is 7.42. The molecule has 0 spiro atoms. The number of carbonyl (C=O) groups is 1. The standard InChI is InChI=1S/C28H26FN5O6S/c29-22-10-18(21-13-30-12-17-1-4-40-27(17)21)11-23-25(22)26(24(14-31-23)33-41(37)38)32-20-8-16(7-19(9-20)28(35)36)15-34-2-5-39-6-3-34/h7-14,33H,1-6,15H2,(H,31,32)(H,35,36)(H,37,38)/p-1. The van der Waals surface area contributed by atoms with E-state index >= 15 is 4.39 Å². The van der Waals surface area contributed by atoms with Gasteiger partial charge in [-0.3, -0.25) is 19.1 Å². The third kappa shape index (κ3) is 5.70. The predicted octanol–water partition coefficient (Wildman–Crippen LogP) is 3.85. The molecular weight excluding hydrogens is 553 g/mol. The molecule has 1 unspecified atom stereocenters. The topological polar surface area (TPSA) is 149 Å². The number of morpholine rings is 1. The van der Waals surface area contributed by atoms with Crippen LogP contribution in [0.4, 0.5) is 21.5 Å². The second kappa shape index (κ2) is 11.4. The smallest absolute Gasteiger partial charge is 0.335 e. The maximum absolute atomic E-state index is 15.9. The molecule has 0 saturated carbocycles. The summed E-state index contributed by atoms with van der Waals surface area (Å²) in [5, 5.41) is 12.9. The van der Waals surface area contributed by atoms with Crippen molar-refractivity contribution in [3.63, 3.8) is 0 Å². The van der Waals surface area contributed by atoms with E-state index < -0.39 is 23.1 Å². The number of aromatic carboxylic acids is 1. The number of hydrogen-bond donors (Lipinski definition) is 3. The van der Waals surface area contributed by atoms with Crippen molar-refractivity contribution in [2.45, 2.75) is 13.0 Å². The van der Waals surface area contributed by atoms with Crippen molar-refractivity contribution in [2.24, 2.45) is 0 Å². The lowest BCUT2D eigenvalue weighted by Crippen LogP contribution is -2.35. The molecular formula is C28H25FN5O6S-. The average Bonchev–Trinajstić information content (AvgIpc) is 3.43. The Hall–Kier alpha value is -4.17. The van der Waals surface area contributed by atoms with E-state index in [1.165, 1.54) is 18.3 Å². The molecule has 4 aromatic rings. The summed E-state index contributed by atoms with van der Waals surface area (Å²) >= 11 is -2.73. The van der Waals surface area contributed by atoms with E-state index in [1.54, 1.807) is 30.6 Å². The Morgan fingerprint density at radius 1 is 1.12 bits per heavy atom. The molecule has 212 valence electrons. The number of halogens is 1. The zero-order chi connectivity index (χ0) is 28.5. The Bertz CT molecular complexity index is 1680. The number of hydrogen-bond acceptors (Lipinski definition) is 9. The second-order valence-electron chi connectivity index (χ2n) is 9.75. The van der Waals surface area contributed by atoms with Gasteiger partial charge in [0, 0.05) is 66.5 Å². The number of nitrogens with one attached hydrogen (secondary N) is 2. The lowest BCUT2D eigenvalue weighted by atomic mass is 10.0. The summed E-state index contributed by atoms with van der Waals surface area (Å²) in [6.07, 6.45) is 5.32. The SMILES string of the molecule is O=C(O)c1cc(CN2CCOCC2)cc(Nc2c(NS(=O)[O-])cnc3cc(-c4cncc5c4OCC5)cc(F)c23)c1. The lowest BCUT2D eigenvalue weighted by molar-refractivity contribution is 0.0341. The fraction of sp³-hybridized carbons (Fsp3) is 0.250. The third-order valence-electron chi connectivity index (χ3n) is 7.03. The average molecular weight is 579 g/mol. The maximum atomic E-state index is 15.9. The van der Waals surface area contributed by atoms with Gasteiger partial charge in [-0.05, 0) is 41.5 Å². The quantitative estimate of drug-likeness (QED) is 0.263. The van der Waals surface area contributed by atoms with Gasteiger partial charge in [-0.1, -0.05) is 0 Å². The Labute approximate surface area is 236 Å². The molecule has 2 aliphatic rings. The number of anilines is 3. The minimum atomic E-state index is -2.73. The second-order valence-corrected chi connectivity index (χ2v) is 10.4. The van der Waals surface area contributed by atoms with Gasteiger partial charge in [-0.25, -0.2) is 9.18 Å². The van der Waals surface area contributed by atoms with Gasteiger partial charge >= 0.3 is 5.97 Å². The van der Waals surface area contributed by atoms with Crippen LogP contribution in [-0.4, -0.2) is 67.6 Å². The summed E-state index contributed by atoms with van der Waals surface area (Å²) in [6, 6.07) is 7.76. The number of pyridine rings is 2. The molecule has 1 atom stereocenters. The molecule has 1 fully saturated rings. The van der Waals surface area contributed by atoms with Crippen LogP contribution in [0.15, 0.2) is 48.9 Å². The molecule has 2 aromatic carbocycles. The minimum Gasteiger partial charge on any atom is -0.755 e. The summed E-state index contributed by atoms with van der Waals surface area (Å²) in [6.45, 7) is 3.59. The van der Waals surface area contributed by atoms with Gasteiger partial charge in [-0.2, -0.15) is 0 Å². The lowest BCUT2D eigenvalue weighted by Gasteiger charge is -2.27. The normalized spacial score (nSPS) is 15.8. The molecule has 11 nitrogen and oxygen atoms in total. The largest absolute Gasteiger partial charge is 0.755 e. The zero-order valence-corrected chi connectivity index (χ0v) is 22.5. The maximum Gasteiger partial charge on any atom is 0.335 e. The number of carboxylic acids is 1. The Balaban J connectivity index is 1.44. The van der Waals surface area contributed by atoms with Gasteiger partial charge in [0.1, 0.15) is 11.6 Å². The van der Waals surface area contributed by atoms with Crippen molar-refractivity contribution in [1.29, 1.82) is 0 Å². The minimum absolute atomic E-state index is 0.00135. The number of ether oxygens (including phenoxy) is 2. The molecule has 41 heavy (non-hydrogen) atoms. The van der Waals surface area contributed by atoms with Crippen molar-refractivity contribution in [3.8, 4) is 16.9 Å². The molecule has 0 amide bonds. The zero-order valence-electron chi connectivity index (χ0n) is 21.7. The molecule has 4 heterocycles. The van der Waals surface area contributed by atoms with Gasteiger partial charge in [0.2, 0.25) is 0 Å². The van der Waals surface area contributed by atoms with E-state index in [4.69, 9.17) is 9.47 Å². The number of nitrogens with zero attached hydrogens (tertiary/aromatic N) is 3. The van der Waals surface area contributed by atoms with Crippen molar-refractivity contribution in [2.75, 3.05) is 42.9 Å². The van der Waals surface area contributed by atoms with Crippen LogP contribution in [0.2, 0.25) is 0 Å². The Morgan fingerprint density at radius 3 is 2.73 bits per heavy atom. The van der Waals surface area contributed by atoms with Gasteiger partial charge in [-0.15, -0.1) is 0 Å². The van der Waals surface area contributed by atoms with Crippen LogP contribution in [-0.2, 0) is 29.0 Å². The Kier molecular flexibility index (Phi) is 7.49. The molecule has 0 radical (unpaired) electrons. The highest BCUT2D eigenvalue weighted by Crippen LogP contribution is 2.40. The molecule has 3 N–H and O–H groups in total. The summed E-state index contributed by atoms with van der Waals surface area (Å²) in [7, 11) is 0. The summed E-state index contributed by atoms with van der Waals surface area (Å²) < 4.78 is 52.5. The first-order valence-corrected chi connectivity index (χ1v) is 14.0. The molecule has 2 aliphatic heterocycles. The molecule has 2 aromatic heterocycles. The van der Waals surface area contributed by atoms with Gasteiger partial charge in [0.25, 0.3) is 0 Å². The van der Waals surface area contributed by atoms with Crippen molar-refractivity contribution < 1.29 is 32.5 Å². The predicted molar refractivity (Wildman–Crippen MR) is 149 cm³/mol. The highest BCUT2D eigenvalue weighted by molar-refractivity contribution is 7.80. The molecule has 13 heteroatoms. The Morgan fingerprint density at radius 2 is 1.95 bits per heavy atom. The van der Waals surface area contributed by atoms with Crippen molar-refractivity contribution >= 4 is 45.2 Å². The van der Waals surface area contributed by atoms with E-state index in [2.05, 4.69) is 24.9 Å². The number of fused-ring (bicyclic) bond motifs is 2. The molecule has 0 bridgehead atoms. The van der Waals surface area contributed by atoms with E-state index in [0.29, 0.717) is 68.4 Å². The van der Waals surface area contributed by atoms with Crippen LogP contribution >= 0.6 is 0 Å². The van der Waals surface area contributed by atoms with Gasteiger partial charge in [0.15, 0.2) is 0 Å². The summed E-state index contributed by atoms with van der Waals surface area (Å²) in [5.41, 5.74) is 3.52. The van der Waals surface area contributed by atoms with Crippen LogP contribution in [0.5, 0.6) is 5.75 Å². The van der Waals surface area contributed by atoms with Crippen LogP contribution in [0, 0.1) is 5.82 Å². The van der Waals surface area contributed by atoms with E-state index in [0.717, 1.165) is 11.1 Å². The van der Waals surface area contributed by atoms with Gasteiger partial charge in [0.05, 0.1) is 53.9 Å². The number of carboxylic acid groups (broad SMARTS) is 1. The van der Waals surface area contributed by atoms with Crippen LogP contribution in [0.3, 0.4) is 0 Å². The highest BCUT2D eigenvalue weighted by atomic mass is 32.2. The van der Waals surface area contributed by atoms with E-state index in [9.17, 15) is 18.7 Å². The molecule has 0 aliphatic carbocycles. The molecule has 1 saturated heterocycles. The first-order chi connectivity index (χ1) is 19.9. The van der Waals surface area contributed by atoms with E-state index in [-0.39, 0.29) is 27.8 Å². The van der Waals surface area contributed by atoms with Crippen molar-refractivity contribution in [1.82, 2.24) is 14.9 Å². The fourth-order valence-electron chi connectivity index (χ4n) is 5.18. The number of rotatable bonds is 8. The summed E-state index contributed by atoms with van der Waals surface area (Å²) in [5.74, 6) is -1.14. The van der Waals surface area contributed by atoms with E-state index in [1.807, 2.05) is 0 Å². The monoisotopic (exact) mass is 578 g/mol. The van der Waals surface area contributed by atoms with Crippen LogP contribution < -0.4 is 14.8 Å². The number of aromatic nitrogens is 2. The first-order valence-electron chi connectivity index (χ1n) is 12.9. The fourth-order valence-corrected chi connectivity index (χ4v) is 5.51. The van der Waals surface area contributed by atoms with Crippen molar-refractivity contribution in [3.05, 3.63) is 71.4 Å². The summed E-state index contributed by atoms with van der Waals surface area (Å²) in [4.78, 5) is 22.7. The van der Waals surface area contributed by atoms with Gasteiger partial charge < -0.3 is 29.2 Å². The molecule has 6 rings (SSSR count). The van der Waals surface area contributed by atoms with Crippen LogP contribution in [0.1, 0.15) is 21.5 Å². The number of benzene rings is 2. The highest BCUT2D eigenvalue weighted by Gasteiger charge is 2.22.